The molecule has 0 radical (unpaired) electrons. The first-order valence-corrected chi connectivity index (χ1v) is 5.53. The van der Waals surface area contributed by atoms with Gasteiger partial charge in [0.1, 0.15) is 0 Å². The van der Waals surface area contributed by atoms with Gasteiger partial charge in [0.25, 0.3) is 11.8 Å². The minimum Gasteiger partial charge on any atom is -0.366 e. The van der Waals surface area contributed by atoms with Crippen LogP contribution in [0.3, 0.4) is 0 Å². The van der Waals surface area contributed by atoms with E-state index in [1.54, 1.807) is 24.3 Å². The zero-order chi connectivity index (χ0) is 13.8. The summed E-state index contributed by atoms with van der Waals surface area (Å²) < 4.78 is 1.34. The number of rotatable bonds is 4. The highest BCUT2D eigenvalue weighted by molar-refractivity contribution is 5.92. The Morgan fingerprint density at radius 2 is 1.95 bits per heavy atom. The van der Waals surface area contributed by atoms with Gasteiger partial charge in [-0.1, -0.05) is 30.3 Å². The highest BCUT2D eigenvalue weighted by Crippen LogP contribution is 2.18. The number of nitrogens with zero attached hydrogens (tertiary/aromatic N) is 2. The summed E-state index contributed by atoms with van der Waals surface area (Å²) in [6.07, 6.45) is 2.72. The van der Waals surface area contributed by atoms with Gasteiger partial charge in [-0.3, -0.25) is 19.7 Å². The molecule has 0 aliphatic carbocycles. The molecule has 7 nitrogen and oxygen atoms in total. The van der Waals surface area contributed by atoms with E-state index in [1.165, 1.54) is 17.1 Å². The fourth-order valence-corrected chi connectivity index (χ4v) is 1.74. The van der Waals surface area contributed by atoms with Crippen LogP contribution in [-0.2, 0) is 4.79 Å². The summed E-state index contributed by atoms with van der Waals surface area (Å²) in [6.45, 7) is 0. The van der Waals surface area contributed by atoms with E-state index >= 15 is 0 Å². The minimum absolute atomic E-state index is 0.228. The molecule has 2 rings (SSSR count). The van der Waals surface area contributed by atoms with Crippen LogP contribution in [0.4, 0.5) is 0 Å². The van der Waals surface area contributed by atoms with Gasteiger partial charge in [0, 0.05) is 6.20 Å². The number of hydrazine groups is 1. The molecule has 1 unspecified atom stereocenters. The average molecular weight is 259 g/mol. The van der Waals surface area contributed by atoms with Crippen molar-refractivity contribution < 1.29 is 9.59 Å². The number of benzene rings is 1. The maximum Gasteiger partial charge on any atom is 0.263 e. The molecule has 7 heteroatoms. The normalized spacial score (nSPS) is 11.8. The minimum atomic E-state index is -0.751. The fourth-order valence-electron chi connectivity index (χ4n) is 1.74. The standard InChI is InChI=1S/C12H13N5O2/c13-11(18)9-6-15-17(7-9)10(12(19)16-14)8-4-2-1-3-5-8/h1-7,10H,14H2,(H2,13,18)(H,16,19). The molecule has 19 heavy (non-hydrogen) atoms. The van der Waals surface area contributed by atoms with E-state index < -0.39 is 17.9 Å². The molecule has 5 N–H and O–H groups in total. The topological polar surface area (TPSA) is 116 Å². The Kier molecular flexibility index (Phi) is 3.58. The first-order chi connectivity index (χ1) is 9.13. The van der Waals surface area contributed by atoms with Crippen LogP contribution in [0.5, 0.6) is 0 Å². The second kappa shape index (κ2) is 5.32. The molecule has 0 fully saturated rings. The number of hydrogen-bond acceptors (Lipinski definition) is 4. The largest absolute Gasteiger partial charge is 0.366 e. The molecular weight excluding hydrogens is 246 g/mol. The summed E-state index contributed by atoms with van der Waals surface area (Å²) in [4.78, 5) is 22.9. The van der Waals surface area contributed by atoms with Crippen molar-refractivity contribution in [1.29, 1.82) is 0 Å². The van der Waals surface area contributed by atoms with Crippen molar-refractivity contribution in [3.63, 3.8) is 0 Å². The van der Waals surface area contributed by atoms with E-state index in [0.29, 0.717) is 5.56 Å². The zero-order valence-corrected chi connectivity index (χ0v) is 9.98. The molecule has 0 aliphatic heterocycles. The quantitative estimate of drug-likeness (QED) is 0.392. The zero-order valence-electron chi connectivity index (χ0n) is 9.98. The SMILES string of the molecule is NNC(=O)C(c1ccccc1)n1cc(C(N)=O)cn1. The average Bonchev–Trinajstić information content (AvgIpc) is 2.89. The molecule has 1 heterocycles. The third-order valence-corrected chi connectivity index (χ3v) is 2.66. The lowest BCUT2D eigenvalue weighted by Gasteiger charge is -2.16. The smallest absolute Gasteiger partial charge is 0.263 e. The molecule has 0 bridgehead atoms. The predicted molar refractivity (Wildman–Crippen MR) is 67.7 cm³/mol. The van der Waals surface area contributed by atoms with Gasteiger partial charge >= 0.3 is 0 Å². The third kappa shape index (κ3) is 2.61. The molecule has 2 aromatic rings. The molecule has 2 amide bonds. The van der Waals surface area contributed by atoms with Gasteiger partial charge in [-0.15, -0.1) is 0 Å². The van der Waals surface area contributed by atoms with Crippen molar-refractivity contribution in [3.8, 4) is 0 Å². The van der Waals surface area contributed by atoms with Crippen LogP contribution in [0.1, 0.15) is 22.0 Å². The van der Waals surface area contributed by atoms with Crippen molar-refractivity contribution in [2.24, 2.45) is 11.6 Å². The van der Waals surface area contributed by atoms with Crippen molar-refractivity contribution >= 4 is 11.8 Å². The lowest BCUT2D eigenvalue weighted by Crippen LogP contribution is -2.37. The van der Waals surface area contributed by atoms with Crippen LogP contribution in [-0.4, -0.2) is 21.6 Å². The van der Waals surface area contributed by atoms with E-state index in [2.05, 4.69) is 10.5 Å². The van der Waals surface area contributed by atoms with E-state index in [4.69, 9.17) is 11.6 Å². The molecular formula is C12H13N5O2. The Labute approximate surface area is 109 Å². The van der Waals surface area contributed by atoms with Crippen LogP contribution >= 0.6 is 0 Å². The Hall–Kier alpha value is -2.67. The highest BCUT2D eigenvalue weighted by Gasteiger charge is 2.23. The summed E-state index contributed by atoms with van der Waals surface area (Å²) in [6, 6.07) is 8.21. The lowest BCUT2D eigenvalue weighted by molar-refractivity contribution is -0.123. The molecule has 0 aliphatic rings. The fraction of sp³-hybridized carbons (Fsp3) is 0.0833. The first kappa shape index (κ1) is 12.8. The van der Waals surface area contributed by atoms with Gasteiger partial charge in [0.15, 0.2) is 6.04 Å². The molecule has 0 saturated heterocycles. The van der Waals surface area contributed by atoms with Crippen LogP contribution in [0.25, 0.3) is 0 Å². The Balaban J connectivity index is 2.43. The van der Waals surface area contributed by atoms with E-state index in [1.807, 2.05) is 6.07 Å². The molecule has 0 spiro atoms. The second-order valence-corrected chi connectivity index (χ2v) is 3.90. The summed E-state index contributed by atoms with van der Waals surface area (Å²) in [5.41, 5.74) is 8.17. The van der Waals surface area contributed by atoms with Gasteiger partial charge < -0.3 is 5.73 Å². The molecule has 1 atom stereocenters. The number of carbonyl (C=O) groups excluding carboxylic acids is 2. The van der Waals surface area contributed by atoms with Crippen LogP contribution in [0.15, 0.2) is 42.7 Å². The number of nitrogens with two attached hydrogens (primary N) is 2. The molecule has 1 aromatic carbocycles. The van der Waals surface area contributed by atoms with E-state index in [0.717, 1.165) is 0 Å². The predicted octanol–water partition coefficient (Wildman–Crippen LogP) is -0.439. The van der Waals surface area contributed by atoms with E-state index in [-0.39, 0.29) is 5.56 Å². The van der Waals surface area contributed by atoms with E-state index in [9.17, 15) is 9.59 Å². The maximum atomic E-state index is 11.9. The van der Waals surface area contributed by atoms with Crippen LogP contribution < -0.4 is 17.0 Å². The summed E-state index contributed by atoms with van der Waals surface area (Å²) in [5.74, 6) is 4.14. The van der Waals surface area contributed by atoms with Crippen molar-refractivity contribution in [2.75, 3.05) is 0 Å². The van der Waals surface area contributed by atoms with Crippen molar-refractivity contribution in [2.45, 2.75) is 6.04 Å². The van der Waals surface area contributed by atoms with Crippen LogP contribution in [0, 0.1) is 0 Å². The Morgan fingerprint density at radius 3 is 2.47 bits per heavy atom. The second-order valence-electron chi connectivity index (χ2n) is 3.90. The van der Waals surface area contributed by atoms with Gasteiger partial charge in [-0.2, -0.15) is 5.10 Å². The van der Waals surface area contributed by atoms with Gasteiger partial charge in [0.05, 0.1) is 11.8 Å². The number of carbonyl (C=O) groups is 2. The highest BCUT2D eigenvalue weighted by atomic mass is 16.2. The summed E-state index contributed by atoms with van der Waals surface area (Å²) in [7, 11) is 0. The number of nitrogens with one attached hydrogen (secondary N) is 1. The summed E-state index contributed by atoms with van der Waals surface area (Å²) in [5, 5.41) is 3.98. The summed E-state index contributed by atoms with van der Waals surface area (Å²) >= 11 is 0. The number of aromatic nitrogens is 2. The third-order valence-electron chi connectivity index (χ3n) is 2.66. The molecule has 98 valence electrons. The van der Waals surface area contributed by atoms with Gasteiger partial charge in [0.2, 0.25) is 0 Å². The Bertz CT molecular complexity index is 593. The van der Waals surface area contributed by atoms with Crippen molar-refractivity contribution in [1.82, 2.24) is 15.2 Å². The number of primary amides is 1. The molecule has 1 aromatic heterocycles. The van der Waals surface area contributed by atoms with Gasteiger partial charge in [-0.05, 0) is 5.56 Å². The Morgan fingerprint density at radius 1 is 1.26 bits per heavy atom. The van der Waals surface area contributed by atoms with Crippen LogP contribution in [0.2, 0.25) is 0 Å². The number of amides is 2. The monoisotopic (exact) mass is 259 g/mol. The maximum absolute atomic E-state index is 11.9. The number of hydrogen-bond donors (Lipinski definition) is 3. The molecule has 0 saturated carbocycles. The first-order valence-electron chi connectivity index (χ1n) is 5.53. The van der Waals surface area contributed by atoms with Crippen molar-refractivity contribution in [3.05, 3.63) is 53.9 Å². The van der Waals surface area contributed by atoms with Gasteiger partial charge in [-0.25, -0.2) is 5.84 Å². The lowest BCUT2D eigenvalue weighted by atomic mass is 10.1.